The Morgan fingerprint density at radius 3 is 1.35 bits per heavy atom. The molecule has 0 aromatic rings. The molecule has 6 heteroatoms. The first-order valence-electron chi connectivity index (χ1n) is 7.31. The smallest absolute Gasteiger partial charge is 0.101 e. The van der Waals surface area contributed by atoms with Crippen LogP contribution in [0.4, 0.5) is 0 Å². The second-order valence-corrected chi connectivity index (χ2v) is 5.86. The van der Waals surface area contributed by atoms with Crippen molar-refractivity contribution in [2.45, 2.75) is 27.7 Å². The van der Waals surface area contributed by atoms with Crippen LogP contribution >= 0.6 is 0 Å². The highest BCUT2D eigenvalue weighted by Crippen LogP contribution is 1.98. The lowest BCUT2D eigenvalue weighted by atomic mass is 10.2. The van der Waals surface area contributed by atoms with Crippen LogP contribution in [-0.4, -0.2) is 73.2 Å². The molecular weight excluding hydrogens is 260 g/mol. The van der Waals surface area contributed by atoms with E-state index in [1.54, 1.807) is 9.80 Å². The molecule has 0 spiro atoms. The number of nitrogens with zero attached hydrogens (tertiary/aromatic N) is 2. The lowest BCUT2D eigenvalue weighted by Gasteiger charge is -2.25. The Balaban J connectivity index is 3.81. The number of aliphatic hydroxyl groups excluding tert-OH is 2. The van der Waals surface area contributed by atoms with Crippen LogP contribution in [0, 0.1) is 11.8 Å². The fraction of sp³-hybridized carbons (Fsp3) is 1.00. The van der Waals surface area contributed by atoms with Crippen LogP contribution < -0.4 is 0 Å². The molecule has 20 heavy (non-hydrogen) atoms. The van der Waals surface area contributed by atoms with Crippen molar-refractivity contribution in [3.05, 3.63) is 0 Å². The molecule has 0 bridgehead atoms. The summed E-state index contributed by atoms with van der Waals surface area (Å²) < 4.78 is 11.0. The van der Waals surface area contributed by atoms with Gasteiger partial charge in [-0.2, -0.15) is 0 Å². The molecule has 0 aliphatic carbocycles. The third-order valence-electron chi connectivity index (χ3n) is 2.58. The molecule has 0 saturated heterocycles. The van der Waals surface area contributed by atoms with Crippen LogP contribution in [0.1, 0.15) is 27.7 Å². The van der Waals surface area contributed by atoms with E-state index in [0.717, 1.165) is 0 Å². The van der Waals surface area contributed by atoms with E-state index in [1.165, 1.54) is 0 Å². The molecule has 122 valence electrons. The topological polar surface area (TPSA) is 65.4 Å². The number of aliphatic hydroxyl groups is 2. The first-order valence-corrected chi connectivity index (χ1v) is 7.31. The van der Waals surface area contributed by atoms with E-state index in [2.05, 4.69) is 27.7 Å². The van der Waals surface area contributed by atoms with E-state index in [-0.39, 0.29) is 13.5 Å². The molecule has 0 aromatic heterocycles. The molecule has 0 unspecified atom stereocenters. The first-order chi connectivity index (χ1) is 9.49. The second-order valence-electron chi connectivity index (χ2n) is 5.86. The Kier molecular flexibility index (Phi) is 12.3. The average molecular weight is 292 g/mol. The number of hydrogen-bond donors (Lipinski definition) is 2. The van der Waals surface area contributed by atoms with Crippen molar-refractivity contribution in [3.63, 3.8) is 0 Å². The highest BCUT2D eigenvalue weighted by Gasteiger charge is 2.09. The Bertz CT molecular complexity index is 193. The molecule has 0 radical (unpaired) electrons. The maximum atomic E-state index is 9.26. The van der Waals surface area contributed by atoms with Gasteiger partial charge >= 0.3 is 0 Å². The van der Waals surface area contributed by atoms with Gasteiger partial charge in [-0.05, 0) is 11.8 Å². The summed E-state index contributed by atoms with van der Waals surface area (Å²) in [6.45, 7) is 11.7. The highest BCUT2D eigenvalue weighted by molar-refractivity contribution is 4.54. The maximum Gasteiger partial charge on any atom is 0.101 e. The van der Waals surface area contributed by atoms with Crippen LogP contribution in [0.25, 0.3) is 0 Å². The largest absolute Gasteiger partial charge is 0.381 e. The van der Waals surface area contributed by atoms with Crippen LogP contribution in [-0.2, 0) is 9.47 Å². The van der Waals surface area contributed by atoms with Gasteiger partial charge in [0.1, 0.15) is 13.5 Å². The van der Waals surface area contributed by atoms with Gasteiger partial charge in [-0.1, -0.05) is 27.7 Å². The van der Waals surface area contributed by atoms with Gasteiger partial charge in [0.25, 0.3) is 0 Å². The number of rotatable bonds is 13. The monoisotopic (exact) mass is 292 g/mol. The molecule has 6 nitrogen and oxygen atoms in total. The van der Waals surface area contributed by atoms with E-state index in [1.807, 2.05) is 0 Å². The zero-order chi connectivity index (χ0) is 15.4. The van der Waals surface area contributed by atoms with Gasteiger partial charge in [-0.25, -0.2) is 0 Å². The van der Waals surface area contributed by atoms with Gasteiger partial charge in [-0.3, -0.25) is 9.80 Å². The predicted octanol–water partition coefficient (Wildman–Crippen LogP) is 0.750. The fourth-order valence-corrected chi connectivity index (χ4v) is 1.47. The number of hydrogen-bond acceptors (Lipinski definition) is 6. The Labute approximate surface area is 123 Å². The van der Waals surface area contributed by atoms with Crippen LogP contribution in [0.2, 0.25) is 0 Å². The van der Waals surface area contributed by atoms with Gasteiger partial charge < -0.3 is 19.7 Å². The normalized spacial score (nSPS) is 12.3. The summed E-state index contributed by atoms with van der Waals surface area (Å²) in [5.41, 5.74) is 0. The van der Waals surface area contributed by atoms with E-state index in [0.29, 0.717) is 51.6 Å². The van der Waals surface area contributed by atoms with Crippen molar-refractivity contribution in [2.24, 2.45) is 11.8 Å². The third-order valence-corrected chi connectivity index (χ3v) is 2.58. The van der Waals surface area contributed by atoms with Gasteiger partial charge in [0.05, 0.1) is 26.7 Å². The standard InChI is InChI=1S/C14H32N2O4/c1-13(2)7-19-11-15(9-17)5-6-16(10-18)12-20-8-14(3)4/h13-14,17-18H,5-12H2,1-4H3. The fourth-order valence-electron chi connectivity index (χ4n) is 1.47. The minimum Gasteiger partial charge on any atom is -0.381 e. The van der Waals surface area contributed by atoms with E-state index in [4.69, 9.17) is 9.47 Å². The Morgan fingerprint density at radius 2 is 1.10 bits per heavy atom. The van der Waals surface area contributed by atoms with Crippen molar-refractivity contribution >= 4 is 0 Å². The molecule has 0 aliphatic heterocycles. The summed E-state index contributed by atoms with van der Waals surface area (Å²) in [6, 6.07) is 0. The highest BCUT2D eigenvalue weighted by atomic mass is 16.5. The second kappa shape index (κ2) is 12.5. The van der Waals surface area contributed by atoms with Crippen molar-refractivity contribution < 1.29 is 19.7 Å². The lowest BCUT2D eigenvalue weighted by Crippen LogP contribution is -2.38. The minimum atomic E-state index is -0.0514. The maximum absolute atomic E-state index is 9.26. The molecule has 0 rings (SSSR count). The molecule has 2 N–H and O–H groups in total. The Morgan fingerprint density at radius 1 is 0.750 bits per heavy atom. The van der Waals surface area contributed by atoms with Crippen LogP contribution in [0.3, 0.4) is 0 Å². The summed E-state index contributed by atoms with van der Waals surface area (Å²) in [5.74, 6) is 0.961. The minimum absolute atomic E-state index is 0.0514. The van der Waals surface area contributed by atoms with E-state index in [9.17, 15) is 10.2 Å². The SMILES string of the molecule is CC(C)COCN(CO)CCN(CO)COCC(C)C. The summed E-state index contributed by atoms with van der Waals surface area (Å²) in [4.78, 5) is 3.57. The zero-order valence-corrected chi connectivity index (χ0v) is 13.4. The summed E-state index contributed by atoms with van der Waals surface area (Å²) in [5, 5.41) is 18.5. The van der Waals surface area contributed by atoms with Gasteiger partial charge in [0.15, 0.2) is 0 Å². The average Bonchev–Trinajstić information content (AvgIpc) is 2.39. The molecular formula is C14H32N2O4. The van der Waals surface area contributed by atoms with Gasteiger partial charge in [0, 0.05) is 13.1 Å². The van der Waals surface area contributed by atoms with Gasteiger partial charge in [-0.15, -0.1) is 0 Å². The molecule has 0 aliphatic rings. The van der Waals surface area contributed by atoms with Crippen molar-refractivity contribution in [1.82, 2.24) is 9.80 Å². The quantitative estimate of drug-likeness (QED) is 0.488. The lowest BCUT2D eigenvalue weighted by molar-refractivity contribution is -0.0526. The summed E-state index contributed by atoms with van der Waals surface area (Å²) in [7, 11) is 0. The van der Waals surface area contributed by atoms with Gasteiger partial charge in [0.2, 0.25) is 0 Å². The first kappa shape index (κ1) is 19.8. The molecule has 0 amide bonds. The molecule has 0 fully saturated rings. The van der Waals surface area contributed by atoms with Crippen LogP contribution in [0.15, 0.2) is 0 Å². The Hall–Kier alpha value is -0.240. The molecule has 0 heterocycles. The molecule has 0 aromatic carbocycles. The molecule has 0 atom stereocenters. The van der Waals surface area contributed by atoms with Crippen molar-refractivity contribution in [3.8, 4) is 0 Å². The van der Waals surface area contributed by atoms with E-state index >= 15 is 0 Å². The molecule has 0 saturated carbocycles. The van der Waals surface area contributed by atoms with E-state index < -0.39 is 0 Å². The summed E-state index contributed by atoms with van der Waals surface area (Å²) in [6.07, 6.45) is 0. The number of ether oxygens (including phenoxy) is 2. The summed E-state index contributed by atoms with van der Waals surface area (Å²) >= 11 is 0. The van der Waals surface area contributed by atoms with Crippen molar-refractivity contribution in [1.29, 1.82) is 0 Å². The van der Waals surface area contributed by atoms with Crippen LogP contribution in [0.5, 0.6) is 0 Å². The third kappa shape index (κ3) is 11.6. The zero-order valence-electron chi connectivity index (χ0n) is 13.4. The van der Waals surface area contributed by atoms with Crippen molar-refractivity contribution in [2.75, 3.05) is 53.2 Å². The predicted molar refractivity (Wildman–Crippen MR) is 78.9 cm³/mol.